The number of hydrogen-bond acceptors (Lipinski definition) is 7. The number of halogens is 5. The van der Waals surface area contributed by atoms with E-state index in [1.807, 2.05) is 44.2 Å². The molecule has 3 aliphatic rings. The van der Waals surface area contributed by atoms with E-state index in [2.05, 4.69) is 27.6 Å². The largest absolute Gasteiger partial charge is 0.364 e. The van der Waals surface area contributed by atoms with Crippen LogP contribution >= 0.6 is 80.7 Å². The molecule has 9 rings (SSSR count). The Kier molecular flexibility index (Phi) is 16.4. The van der Waals surface area contributed by atoms with Crippen LogP contribution in [-0.4, -0.2) is 44.5 Å². The van der Waals surface area contributed by atoms with Crippen molar-refractivity contribution >= 4 is 92.5 Å². The lowest BCUT2D eigenvalue weighted by molar-refractivity contribution is -0.127. The summed E-state index contributed by atoms with van der Waals surface area (Å²) < 4.78 is 4.17. The highest BCUT2D eigenvalue weighted by Gasteiger charge is 2.27. The molecule has 330 valence electrons. The van der Waals surface area contributed by atoms with E-state index in [1.54, 1.807) is 51.0 Å². The third kappa shape index (κ3) is 11.7. The minimum absolute atomic E-state index is 0.102. The monoisotopic (exact) mass is 981 g/mol. The predicted octanol–water partition coefficient (Wildman–Crippen LogP) is 12.9. The van der Waals surface area contributed by atoms with Crippen molar-refractivity contribution in [1.29, 1.82) is 0 Å². The molecule has 5 heterocycles. The number of primary amides is 1. The zero-order valence-electron chi connectivity index (χ0n) is 35.0. The van der Waals surface area contributed by atoms with Crippen LogP contribution in [0.25, 0.3) is 32.5 Å². The molecule has 3 fully saturated rings. The Morgan fingerprint density at radius 3 is 1.87 bits per heavy atom. The van der Waals surface area contributed by atoms with Crippen LogP contribution < -0.4 is 16.4 Å². The molecule has 0 radical (unpaired) electrons. The topological polar surface area (TPSA) is 120 Å². The van der Waals surface area contributed by atoms with Crippen molar-refractivity contribution in [3.8, 4) is 44.4 Å². The number of hydrogen-bond donors (Lipinski definition) is 3. The maximum Gasteiger partial charge on any atom is 0.269 e. The van der Waals surface area contributed by atoms with Gasteiger partial charge in [-0.05, 0) is 126 Å². The fraction of sp³-hybridized carbons (Fsp3) is 0.362. The van der Waals surface area contributed by atoms with Crippen LogP contribution in [0.3, 0.4) is 0 Å². The van der Waals surface area contributed by atoms with E-state index in [4.69, 9.17) is 68.8 Å². The van der Waals surface area contributed by atoms with E-state index < -0.39 is 5.91 Å². The minimum Gasteiger partial charge on any atom is -0.364 e. The van der Waals surface area contributed by atoms with Crippen LogP contribution in [0, 0.1) is 37.5 Å². The second kappa shape index (κ2) is 21.9. The Balaban J connectivity index is 0.000000167. The molecule has 63 heavy (non-hydrogen) atoms. The second-order valence-corrected chi connectivity index (χ2v) is 20.3. The number of rotatable bonds is 8. The summed E-state index contributed by atoms with van der Waals surface area (Å²) in [5.41, 5.74) is 11.3. The first kappa shape index (κ1) is 47.1. The van der Waals surface area contributed by atoms with Gasteiger partial charge in [0, 0.05) is 33.0 Å². The highest BCUT2D eigenvalue weighted by atomic mass is 35.5. The smallest absolute Gasteiger partial charge is 0.269 e. The lowest BCUT2D eigenvalue weighted by Gasteiger charge is -2.23. The number of nitrogens with zero attached hydrogens (tertiary/aromatic N) is 4. The van der Waals surface area contributed by atoms with E-state index in [0.717, 1.165) is 62.2 Å². The van der Waals surface area contributed by atoms with Crippen LogP contribution in [0.2, 0.25) is 24.4 Å². The number of nitrogens with one attached hydrogen (secondary N) is 2. The van der Waals surface area contributed by atoms with Crippen LogP contribution in [0.15, 0.2) is 60.7 Å². The highest BCUT2D eigenvalue weighted by molar-refractivity contribution is 7.19. The molecule has 2 aliphatic carbocycles. The van der Waals surface area contributed by atoms with E-state index in [0.29, 0.717) is 48.1 Å². The summed E-state index contributed by atoms with van der Waals surface area (Å²) in [7, 11) is 0. The van der Waals surface area contributed by atoms with Crippen molar-refractivity contribution in [2.45, 2.75) is 84.6 Å². The molecule has 1 saturated heterocycles. The molecule has 6 aromatic rings. The normalized spacial score (nSPS) is 15.0. The fourth-order valence-corrected chi connectivity index (χ4v) is 10.7. The summed E-state index contributed by atoms with van der Waals surface area (Å²) >= 11 is 34.2. The van der Waals surface area contributed by atoms with Crippen LogP contribution in [0.1, 0.15) is 96.4 Å². The lowest BCUT2D eigenvalue weighted by atomic mass is 9.85. The Morgan fingerprint density at radius 1 is 0.746 bits per heavy atom. The zero-order valence-corrected chi connectivity index (χ0v) is 40.4. The quantitative estimate of drug-likeness (QED) is 0.131. The average Bonchev–Trinajstić information content (AvgIpc) is 4.10. The van der Waals surface area contributed by atoms with Gasteiger partial charge in [0.1, 0.15) is 0 Å². The molecule has 4 N–H and O–H groups in total. The van der Waals surface area contributed by atoms with Crippen molar-refractivity contribution < 1.29 is 9.59 Å². The van der Waals surface area contributed by atoms with Gasteiger partial charge in [-0.25, -0.2) is 9.36 Å². The second-order valence-electron chi connectivity index (χ2n) is 15.8. The van der Waals surface area contributed by atoms with E-state index in [9.17, 15) is 9.59 Å². The molecule has 0 spiro atoms. The molecule has 0 unspecified atom stereocenters. The number of amides is 2. The van der Waals surface area contributed by atoms with Crippen LogP contribution in [-0.2, 0) is 11.3 Å². The molecule has 2 amide bonds. The Hall–Kier alpha value is -3.83. The first-order valence-electron chi connectivity index (χ1n) is 21.1. The SMILES string of the molecule is C1CCNCC1.Cc1c(C(N)=O)nn(-c2ccc(Cl)cc2Cl)c1-c1ccc(C#CC2CCCC2)s1.Cc1c(CNC(=O)C2CCC2)nn(-c2ccc(Cl)cc2Cl)c1-c1ccc(Cl)s1. The zero-order chi connectivity index (χ0) is 44.6. The Labute approximate surface area is 401 Å². The molecule has 0 atom stereocenters. The maximum absolute atomic E-state index is 12.2. The van der Waals surface area contributed by atoms with Crippen LogP contribution in [0.4, 0.5) is 0 Å². The standard InChI is InChI=1S/C22H19Cl2N3OS.C20H18Cl3N3OS.C5H11N/c1-13-20(22(25)28)26-27(18-10-7-15(23)12-17(18)24)21(13)19-11-9-16(29-19)8-6-14-4-2-3-5-14;1-11-15(10-24-20(27)12-3-2-4-12)25-26(16-6-5-13(21)9-14(16)22)19(11)17-7-8-18(23)28-17;1-2-4-6-5-3-1/h7,9-12,14H,2-5H2,1H3,(H2,25,28);5-9,12H,2-4,10H2,1H3,(H,24,27);6H,1-5H2. The molecule has 16 heteroatoms. The molecular weight excluding hydrogens is 936 g/mol. The molecule has 2 aromatic carbocycles. The van der Waals surface area contributed by atoms with Gasteiger partial charge in [0.15, 0.2) is 5.69 Å². The van der Waals surface area contributed by atoms with Gasteiger partial charge in [-0.3, -0.25) is 9.59 Å². The van der Waals surface area contributed by atoms with Gasteiger partial charge in [-0.2, -0.15) is 10.2 Å². The van der Waals surface area contributed by atoms with E-state index >= 15 is 0 Å². The van der Waals surface area contributed by atoms with Gasteiger partial charge < -0.3 is 16.4 Å². The van der Waals surface area contributed by atoms with Gasteiger partial charge in [0.05, 0.1) is 64.0 Å². The number of nitrogens with two attached hydrogens (primary N) is 1. The van der Waals surface area contributed by atoms with E-state index in [-0.39, 0.29) is 17.5 Å². The van der Waals surface area contributed by atoms with Gasteiger partial charge >= 0.3 is 0 Å². The van der Waals surface area contributed by atoms with Crippen molar-refractivity contribution in [2.75, 3.05) is 13.1 Å². The maximum atomic E-state index is 12.2. The summed E-state index contributed by atoms with van der Waals surface area (Å²) in [5.74, 6) is 6.87. The van der Waals surface area contributed by atoms with Crippen molar-refractivity contribution in [3.05, 3.63) is 112 Å². The number of aromatic nitrogens is 4. The lowest BCUT2D eigenvalue weighted by Crippen LogP contribution is -2.34. The summed E-state index contributed by atoms with van der Waals surface area (Å²) in [6.07, 6.45) is 12.2. The number of carbonyl (C=O) groups excluding carboxylic acids is 2. The summed E-state index contributed by atoms with van der Waals surface area (Å²) in [6, 6.07) is 18.3. The summed E-state index contributed by atoms with van der Waals surface area (Å²) in [4.78, 5) is 27.1. The minimum atomic E-state index is -0.578. The predicted molar refractivity (Wildman–Crippen MR) is 262 cm³/mol. The third-order valence-corrected chi connectivity index (χ3v) is 14.7. The molecule has 4 aromatic heterocycles. The van der Waals surface area contributed by atoms with Gasteiger partial charge in [0.2, 0.25) is 5.91 Å². The fourth-order valence-electron chi connectivity index (χ4n) is 7.68. The summed E-state index contributed by atoms with van der Waals surface area (Å²) in [5, 5.41) is 17.6. The number of benzene rings is 2. The molecule has 1 aliphatic heterocycles. The molecule has 2 saturated carbocycles. The molecular formula is C47H48Cl5N7O2S2. The van der Waals surface area contributed by atoms with Gasteiger partial charge in [-0.1, -0.05) is 95.5 Å². The highest BCUT2D eigenvalue weighted by Crippen LogP contribution is 2.39. The van der Waals surface area contributed by atoms with Crippen molar-refractivity contribution in [3.63, 3.8) is 0 Å². The summed E-state index contributed by atoms with van der Waals surface area (Å²) in [6.45, 7) is 6.72. The first-order valence-corrected chi connectivity index (χ1v) is 24.6. The van der Waals surface area contributed by atoms with Crippen molar-refractivity contribution in [2.24, 2.45) is 17.6 Å². The van der Waals surface area contributed by atoms with Crippen LogP contribution in [0.5, 0.6) is 0 Å². The number of carbonyl (C=O) groups is 2. The van der Waals surface area contributed by atoms with Crippen molar-refractivity contribution in [1.82, 2.24) is 30.2 Å². The van der Waals surface area contributed by atoms with Gasteiger partial charge in [0.25, 0.3) is 5.91 Å². The Morgan fingerprint density at radius 2 is 1.35 bits per heavy atom. The van der Waals surface area contributed by atoms with E-state index in [1.165, 1.54) is 69.4 Å². The number of piperidine rings is 1. The molecule has 9 nitrogen and oxygen atoms in total. The van der Waals surface area contributed by atoms with Gasteiger partial charge in [-0.15, -0.1) is 22.7 Å². The first-order chi connectivity index (χ1) is 30.4. The average molecular weight is 984 g/mol. The third-order valence-electron chi connectivity index (χ3n) is 11.4. The number of thiophene rings is 2. The molecule has 0 bridgehead atoms. The Bertz CT molecular complexity index is 2630.